The molecular weight excluding hydrogens is 254 g/mol. The average Bonchev–Trinajstić information content (AvgIpc) is 2.97. The summed E-state index contributed by atoms with van der Waals surface area (Å²) in [5, 5.41) is 2.10. The number of rotatable bonds is 3. The van der Waals surface area contributed by atoms with Crippen LogP contribution in [-0.4, -0.2) is 28.4 Å². The Morgan fingerprint density at radius 3 is 2.79 bits per heavy atom. The number of aryl methyl sites for hydroxylation is 1. The second-order valence-corrected chi connectivity index (χ2v) is 5.95. The molecule has 0 saturated heterocycles. The lowest BCUT2D eigenvalue weighted by Gasteiger charge is -2.11. The van der Waals surface area contributed by atoms with Crippen molar-refractivity contribution < 1.29 is 0 Å². The maximum Gasteiger partial charge on any atom is 0.140 e. The zero-order chi connectivity index (χ0) is 13.4. The van der Waals surface area contributed by atoms with Gasteiger partial charge in [0.2, 0.25) is 0 Å². The smallest absolute Gasteiger partial charge is 0.140 e. The van der Waals surface area contributed by atoms with Crippen LogP contribution in [-0.2, 0) is 6.54 Å². The first-order valence-electron chi connectivity index (χ1n) is 6.32. The Balaban J connectivity index is 2.28. The molecule has 0 N–H and O–H groups in total. The van der Waals surface area contributed by atoms with Gasteiger partial charge in [-0.25, -0.2) is 4.98 Å². The van der Waals surface area contributed by atoms with E-state index in [1.54, 1.807) is 11.3 Å². The molecule has 0 bridgehead atoms. The molecule has 4 heteroatoms. The lowest BCUT2D eigenvalue weighted by atomic mass is 10.2. The summed E-state index contributed by atoms with van der Waals surface area (Å²) in [5.41, 5.74) is 4.64. The molecule has 0 aliphatic heterocycles. The molecule has 0 saturated carbocycles. The van der Waals surface area contributed by atoms with Crippen molar-refractivity contribution in [2.45, 2.75) is 13.5 Å². The monoisotopic (exact) mass is 271 g/mol. The minimum atomic E-state index is 0.887. The number of pyridine rings is 1. The Labute approximate surface area is 117 Å². The second-order valence-electron chi connectivity index (χ2n) is 5.01. The molecule has 0 fully saturated rings. The van der Waals surface area contributed by atoms with E-state index in [1.807, 2.05) is 0 Å². The number of thiophene rings is 1. The topological polar surface area (TPSA) is 20.5 Å². The molecule has 0 atom stereocenters. The Bertz CT molecular complexity index is 696. The van der Waals surface area contributed by atoms with Gasteiger partial charge in [-0.15, -0.1) is 11.3 Å². The molecule has 0 aliphatic rings. The van der Waals surface area contributed by atoms with Gasteiger partial charge in [0.05, 0.1) is 10.6 Å². The highest BCUT2D eigenvalue weighted by atomic mass is 32.1. The average molecular weight is 271 g/mol. The fourth-order valence-corrected chi connectivity index (χ4v) is 3.05. The van der Waals surface area contributed by atoms with Crippen molar-refractivity contribution in [1.29, 1.82) is 0 Å². The maximum atomic E-state index is 4.85. The van der Waals surface area contributed by atoms with Gasteiger partial charge in [0.1, 0.15) is 11.3 Å². The Hall–Kier alpha value is -1.65. The molecule has 0 unspecified atom stereocenters. The zero-order valence-electron chi connectivity index (χ0n) is 11.4. The summed E-state index contributed by atoms with van der Waals surface area (Å²) in [5.74, 6) is 0. The molecule has 98 valence electrons. The molecule has 0 spiro atoms. The normalized spacial score (nSPS) is 11.6. The molecule has 0 aliphatic carbocycles. The van der Waals surface area contributed by atoms with Gasteiger partial charge in [-0.3, -0.25) is 0 Å². The van der Waals surface area contributed by atoms with E-state index in [9.17, 15) is 0 Å². The van der Waals surface area contributed by atoms with Crippen LogP contribution in [0.3, 0.4) is 0 Å². The van der Waals surface area contributed by atoms with E-state index in [0.717, 1.165) is 17.9 Å². The first kappa shape index (κ1) is 12.4. The first-order valence-corrected chi connectivity index (χ1v) is 7.20. The molecule has 0 aromatic carbocycles. The van der Waals surface area contributed by atoms with Crippen LogP contribution in [0.5, 0.6) is 0 Å². The van der Waals surface area contributed by atoms with Crippen LogP contribution in [0.1, 0.15) is 11.3 Å². The van der Waals surface area contributed by atoms with Crippen molar-refractivity contribution in [3.05, 3.63) is 47.1 Å². The van der Waals surface area contributed by atoms with Gasteiger partial charge in [-0.05, 0) is 44.1 Å². The van der Waals surface area contributed by atoms with E-state index < -0.39 is 0 Å². The third-order valence-corrected chi connectivity index (χ3v) is 4.04. The summed E-state index contributed by atoms with van der Waals surface area (Å²) in [6.45, 7) is 3.00. The van der Waals surface area contributed by atoms with Crippen molar-refractivity contribution in [3.63, 3.8) is 0 Å². The molecule has 0 radical (unpaired) electrons. The Kier molecular flexibility index (Phi) is 3.12. The fraction of sp³-hybridized carbons (Fsp3) is 0.267. The maximum absolute atomic E-state index is 4.85. The van der Waals surface area contributed by atoms with Gasteiger partial charge in [0.25, 0.3) is 0 Å². The van der Waals surface area contributed by atoms with Gasteiger partial charge in [-0.2, -0.15) is 0 Å². The van der Waals surface area contributed by atoms with Crippen LogP contribution in [0.2, 0.25) is 0 Å². The highest BCUT2D eigenvalue weighted by Gasteiger charge is 2.16. The van der Waals surface area contributed by atoms with Crippen molar-refractivity contribution >= 4 is 17.0 Å². The molecule has 3 heterocycles. The van der Waals surface area contributed by atoms with Crippen LogP contribution in [0.25, 0.3) is 16.2 Å². The predicted molar refractivity (Wildman–Crippen MR) is 80.6 cm³/mol. The summed E-state index contributed by atoms with van der Waals surface area (Å²) in [7, 11) is 4.18. The van der Waals surface area contributed by atoms with Crippen molar-refractivity contribution in [1.82, 2.24) is 14.3 Å². The number of nitrogens with zero attached hydrogens (tertiary/aromatic N) is 3. The Morgan fingerprint density at radius 1 is 1.26 bits per heavy atom. The van der Waals surface area contributed by atoms with Gasteiger partial charge < -0.3 is 9.30 Å². The molecular formula is C15H17N3S. The standard InChI is InChI=1S/C15H17N3S/c1-11-6-4-8-18-12(10-17(2)3)14(16-15(11)18)13-7-5-9-19-13/h4-9H,10H2,1-3H3. The van der Waals surface area contributed by atoms with Crippen molar-refractivity contribution in [2.75, 3.05) is 14.1 Å². The summed E-state index contributed by atoms with van der Waals surface area (Å²) in [6.07, 6.45) is 2.10. The molecule has 0 amide bonds. The molecule has 3 nitrogen and oxygen atoms in total. The van der Waals surface area contributed by atoms with Gasteiger partial charge in [0, 0.05) is 12.7 Å². The van der Waals surface area contributed by atoms with Crippen LogP contribution in [0.4, 0.5) is 0 Å². The second kappa shape index (κ2) is 4.79. The minimum Gasteiger partial charge on any atom is -0.304 e. The third-order valence-electron chi connectivity index (χ3n) is 3.16. The summed E-state index contributed by atoms with van der Waals surface area (Å²) in [4.78, 5) is 8.27. The summed E-state index contributed by atoms with van der Waals surface area (Å²) >= 11 is 1.74. The lowest BCUT2D eigenvalue weighted by molar-refractivity contribution is 0.396. The summed E-state index contributed by atoms with van der Waals surface area (Å²) in [6, 6.07) is 8.42. The van der Waals surface area contributed by atoms with E-state index in [4.69, 9.17) is 4.98 Å². The van der Waals surface area contributed by atoms with Crippen molar-refractivity contribution in [3.8, 4) is 10.6 Å². The van der Waals surface area contributed by atoms with Gasteiger partial charge in [-0.1, -0.05) is 12.1 Å². The highest BCUT2D eigenvalue weighted by Crippen LogP contribution is 2.29. The van der Waals surface area contributed by atoms with Gasteiger partial charge in [0.15, 0.2) is 0 Å². The Morgan fingerprint density at radius 2 is 2.11 bits per heavy atom. The van der Waals surface area contributed by atoms with E-state index in [2.05, 4.69) is 66.2 Å². The van der Waals surface area contributed by atoms with E-state index in [1.165, 1.54) is 16.1 Å². The third kappa shape index (κ3) is 2.17. The largest absolute Gasteiger partial charge is 0.304 e. The van der Waals surface area contributed by atoms with E-state index in [0.29, 0.717) is 0 Å². The SMILES string of the molecule is Cc1cccn2c(CN(C)C)c(-c3cccs3)nc12. The number of fused-ring (bicyclic) bond motifs is 1. The van der Waals surface area contributed by atoms with Crippen LogP contribution >= 0.6 is 11.3 Å². The van der Waals surface area contributed by atoms with E-state index >= 15 is 0 Å². The molecule has 3 aromatic rings. The molecule has 19 heavy (non-hydrogen) atoms. The summed E-state index contributed by atoms with van der Waals surface area (Å²) < 4.78 is 2.21. The molecule has 3 aromatic heterocycles. The highest BCUT2D eigenvalue weighted by molar-refractivity contribution is 7.13. The predicted octanol–water partition coefficient (Wildman–Crippen LogP) is 3.43. The first-order chi connectivity index (χ1) is 9.16. The number of hydrogen-bond donors (Lipinski definition) is 0. The molecule has 3 rings (SSSR count). The lowest BCUT2D eigenvalue weighted by Crippen LogP contribution is -2.13. The minimum absolute atomic E-state index is 0.887. The van der Waals surface area contributed by atoms with Crippen LogP contribution in [0.15, 0.2) is 35.8 Å². The van der Waals surface area contributed by atoms with Crippen LogP contribution in [0, 0.1) is 6.92 Å². The van der Waals surface area contributed by atoms with Crippen LogP contribution < -0.4 is 0 Å². The number of aromatic nitrogens is 2. The zero-order valence-corrected chi connectivity index (χ0v) is 12.2. The quantitative estimate of drug-likeness (QED) is 0.727. The van der Waals surface area contributed by atoms with E-state index in [-0.39, 0.29) is 0 Å². The fourth-order valence-electron chi connectivity index (χ4n) is 2.31. The van der Waals surface area contributed by atoms with Gasteiger partial charge >= 0.3 is 0 Å². The number of hydrogen-bond acceptors (Lipinski definition) is 3. The number of imidazole rings is 1. The van der Waals surface area contributed by atoms with Crippen molar-refractivity contribution in [2.24, 2.45) is 0 Å².